The molecule has 1 aromatic carbocycles. The van der Waals surface area contributed by atoms with Crippen molar-refractivity contribution in [2.45, 2.75) is 46.8 Å². The highest BCUT2D eigenvalue weighted by molar-refractivity contribution is 5.51. The third kappa shape index (κ3) is 4.40. The topological polar surface area (TPSA) is 61.7 Å². The number of nitrogens with one attached hydrogen (secondary N) is 1. The van der Waals surface area contributed by atoms with Gasteiger partial charge in [-0.2, -0.15) is 0 Å². The van der Waals surface area contributed by atoms with Crippen molar-refractivity contribution in [3.05, 3.63) is 22.8 Å². The zero-order chi connectivity index (χ0) is 14.6. The van der Waals surface area contributed by atoms with E-state index in [9.17, 15) is 10.2 Å². The van der Waals surface area contributed by atoms with E-state index in [-0.39, 0.29) is 6.61 Å². The van der Waals surface area contributed by atoms with Crippen LogP contribution in [0.2, 0.25) is 0 Å². The molecule has 0 unspecified atom stereocenters. The van der Waals surface area contributed by atoms with Crippen LogP contribution in [0.3, 0.4) is 0 Å². The lowest BCUT2D eigenvalue weighted by molar-refractivity contribution is 0.104. The first kappa shape index (κ1) is 15.8. The Balaban J connectivity index is 2.63. The summed E-state index contributed by atoms with van der Waals surface area (Å²) in [4.78, 5) is 0. The van der Waals surface area contributed by atoms with Gasteiger partial charge < -0.3 is 20.3 Å². The molecule has 0 radical (unpaired) electrons. The second kappa shape index (κ2) is 6.78. The summed E-state index contributed by atoms with van der Waals surface area (Å²) in [5.41, 5.74) is 2.52. The van der Waals surface area contributed by atoms with Gasteiger partial charge in [0.25, 0.3) is 0 Å². The molecule has 0 saturated heterocycles. The molecule has 1 aromatic rings. The van der Waals surface area contributed by atoms with E-state index in [1.807, 2.05) is 34.6 Å². The standard InChI is InChI=1S/C15H25NO3/c1-9(2)16-7-13(17)8-19-14-6-10(3)15(18)12(5)11(14)4/h6,9,13,16-18H,7-8H2,1-5H3/t13-/m1/s1. The van der Waals surface area contributed by atoms with Crippen LogP contribution < -0.4 is 10.1 Å². The van der Waals surface area contributed by atoms with Crippen LogP contribution in [-0.2, 0) is 0 Å². The third-order valence-electron chi connectivity index (χ3n) is 3.20. The van der Waals surface area contributed by atoms with E-state index in [2.05, 4.69) is 5.32 Å². The largest absolute Gasteiger partial charge is 0.507 e. The summed E-state index contributed by atoms with van der Waals surface area (Å²) in [5, 5.41) is 22.8. The van der Waals surface area contributed by atoms with E-state index >= 15 is 0 Å². The molecule has 3 N–H and O–H groups in total. The minimum absolute atomic E-state index is 0.240. The molecule has 0 aliphatic carbocycles. The van der Waals surface area contributed by atoms with E-state index < -0.39 is 6.10 Å². The summed E-state index contributed by atoms with van der Waals surface area (Å²) < 4.78 is 5.65. The molecule has 4 heteroatoms. The summed E-state index contributed by atoms with van der Waals surface area (Å²) in [6.45, 7) is 10.4. The van der Waals surface area contributed by atoms with Crippen molar-refractivity contribution in [2.24, 2.45) is 0 Å². The zero-order valence-corrected chi connectivity index (χ0v) is 12.4. The van der Waals surface area contributed by atoms with Crippen molar-refractivity contribution in [2.75, 3.05) is 13.2 Å². The van der Waals surface area contributed by atoms with Gasteiger partial charge in [-0.15, -0.1) is 0 Å². The first-order valence-electron chi connectivity index (χ1n) is 6.67. The first-order chi connectivity index (χ1) is 8.82. The molecular formula is C15H25NO3. The lowest BCUT2D eigenvalue weighted by atomic mass is 10.0. The summed E-state index contributed by atoms with van der Waals surface area (Å²) >= 11 is 0. The zero-order valence-electron chi connectivity index (χ0n) is 12.4. The summed E-state index contributed by atoms with van der Waals surface area (Å²) in [5.74, 6) is 1.03. The monoisotopic (exact) mass is 267 g/mol. The number of rotatable bonds is 6. The predicted molar refractivity (Wildman–Crippen MR) is 77.0 cm³/mol. The van der Waals surface area contributed by atoms with Crippen LogP contribution in [0.5, 0.6) is 11.5 Å². The van der Waals surface area contributed by atoms with Crippen molar-refractivity contribution < 1.29 is 14.9 Å². The Morgan fingerprint density at radius 3 is 2.42 bits per heavy atom. The van der Waals surface area contributed by atoms with Gasteiger partial charge in [-0.25, -0.2) is 0 Å². The fourth-order valence-corrected chi connectivity index (χ4v) is 1.80. The van der Waals surface area contributed by atoms with Crippen molar-refractivity contribution >= 4 is 0 Å². The number of aryl methyl sites for hydroxylation is 1. The highest BCUT2D eigenvalue weighted by atomic mass is 16.5. The number of aliphatic hydroxyl groups excluding tert-OH is 1. The van der Waals surface area contributed by atoms with Crippen LogP contribution in [-0.4, -0.2) is 35.5 Å². The van der Waals surface area contributed by atoms with Gasteiger partial charge in [0.15, 0.2) is 0 Å². The van der Waals surface area contributed by atoms with Gasteiger partial charge in [0.1, 0.15) is 24.2 Å². The Kier molecular flexibility index (Phi) is 5.63. The van der Waals surface area contributed by atoms with E-state index in [1.54, 1.807) is 6.07 Å². The minimum Gasteiger partial charge on any atom is -0.507 e. The van der Waals surface area contributed by atoms with Gasteiger partial charge in [0.2, 0.25) is 0 Å². The molecule has 0 saturated carbocycles. The average Bonchev–Trinajstić information content (AvgIpc) is 2.36. The number of phenolic OH excluding ortho intramolecular Hbond substituents is 1. The van der Waals surface area contributed by atoms with Crippen LogP contribution in [0.4, 0.5) is 0 Å². The lowest BCUT2D eigenvalue weighted by Crippen LogP contribution is -2.35. The van der Waals surface area contributed by atoms with Gasteiger partial charge in [0.05, 0.1) is 0 Å². The number of benzene rings is 1. The number of aromatic hydroxyl groups is 1. The Bertz CT molecular complexity index is 430. The first-order valence-corrected chi connectivity index (χ1v) is 6.67. The normalized spacial score (nSPS) is 12.8. The summed E-state index contributed by atoms with van der Waals surface area (Å²) in [7, 11) is 0. The maximum atomic E-state index is 9.82. The molecular weight excluding hydrogens is 242 g/mol. The quantitative estimate of drug-likeness (QED) is 0.738. The second-order valence-corrected chi connectivity index (χ2v) is 5.32. The fraction of sp³-hybridized carbons (Fsp3) is 0.600. The molecule has 0 aliphatic rings. The van der Waals surface area contributed by atoms with Crippen LogP contribution in [0.1, 0.15) is 30.5 Å². The lowest BCUT2D eigenvalue weighted by Gasteiger charge is -2.18. The number of ether oxygens (including phenoxy) is 1. The Hall–Kier alpha value is -1.26. The Morgan fingerprint density at radius 2 is 1.84 bits per heavy atom. The van der Waals surface area contributed by atoms with Gasteiger partial charge in [-0.05, 0) is 43.5 Å². The molecule has 4 nitrogen and oxygen atoms in total. The highest BCUT2D eigenvalue weighted by Gasteiger charge is 2.12. The smallest absolute Gasteiger partial charge is 0.123 e. The maximum absolute atomic E-state index is 9.82. The van der Waals surface area contributed by atoms with Crippen LogP contribution in [0.25, 0.3) is 0 Å². The number of phenols is 1. The SMILES string of the molecule is Cc1cc(OC[C@H](O)CNC(C)C)c(C)c(C)c1O. The molecule has 0 fully saturated rings. The van der Waals surface area contributed by atoms with Crippen LogP contribution >= 0.6 is 0 Å². The summed E-state index contributed by atoms with van der Waals surface area (Å²) in [6, 6.07) is 2.15. The molecule has 19 heavy (non-hydrogen) atoms. The minimum atomic E-state index is -0.545. The molecule has 0 aliphatic heterocycles. The van der Waals surface area contributed by atoms with Crippen molar-refractivity contribution in [3.63, 3.8) is 0 Å². The summed E-state index contributed by atoms with van der Waals surface area (Å²) in [6.07, 6.45) is -0.545. The van der Waals surface area contributed by atoms with Gasteiger partial charge in [0, 0.05) is 12.6 Å². The van der Waals surface area contributed by atoms with E-state index in [4.69, 9.17) is 4.74 Å². The van der Waals surface area contributed by atoms with E-state index in [1.165, 1.54) is 0 Å². The van der Waals surface area contributed by atoms with Crippen molar-refractivity contribution in [1.29, 1.82) is 0 Å². The molecule has 0 bridgehead atoms. The van der Waals surface area contributed by atoms with E-state index in [0.717, 1.165) is 22.4 Å². The molecule has 0 heterocycles. The Morgan fingerprint density at radius 1 is 1.21 bits per heavy atom. The van der Waals surface area contributed by atoms with Crippen molar-refractivity contribution in [1.82, 2.24) is 5.32 Å². The molecule has 0 amide bonds. The second-order valence-electron chi connectivity index (χ2n) is 5.32. The number of hydrogen-bond donors (Lipinski definition) is 3. The molecule has 0 aromatic heterocycles. The predicted octanol–water partition coefficient (Wildman–Crippen LogP) is 2.06. The van der Waals surface area contributed by atoms with Gasteiger partial charge in [-0.1, -0.05) is 13.8 Å². The van der Waals surface area contributed by atoms with Crippen LogP contribution in [0.15, 0.2) is 6.07 Å². The fourth-order valence-electron chi connectivity index (χ4n) is 1.80. The van der Waals surface area contributed by atoms with E-state index in [0.29, 0.717) is 18.3 Å². The number of hydrogen-bond acceptors (Lipinski definition) is 4. The molecule has 108 valence electrons. The molecule has 1 rings (SSSR count). The molecule has 0 spiro atoms. The highest BCUT2D eigenvalue weighted by Crippen LogP contribution is 2.31. The maximum Gasteiger partial charge on any atom is 0.123 e. The van der Waals surface area contributed by atoms with Crippen LogP contribution in [0, 0.1) is 20.8 Å². The third-order valence-corrected chi connectivity index (χ3v) is 3.20. The average molecular weight is 267 g/mol. The molecule has 1 atom stereocenters. The van der Waals surface area contributed by atoms with Gasteiger partial charge in [-0.3, -0.25) is 0 Å². The van der Waals surface area contributed by atoms with Crippen molar-refractivity contribution in [3.8, 4) is 11.5 Å². The Labute approximate surface area is 115 Å². The number of aliphatic hydroxyl groups is 1. The van der Waals surface area contributed by atoms with Gasteiger partial charge >= 0.3 is 0 Å².